The molecule has 0 saturated carbocycles. The quantitative estimate of drug-likeness (QED) is 0.163. The van der Waals surface area contributed by atoms with Gasteiger partial charge in [0.25, 0.3) is 0 Å². The zero-order chi connectivity index (χ0) is 30.9. The number of hydrogen-bond donors (Lipinski definition) is 6. The van der Waals surface area contributed by atoms with Crippen LogP contribution in [0, 0.1) is 5.82 Å². The highest BCUT2D eigenvalue weighted by molar-refractivity contribution is 7.91. The maximum atomic E-state index is 14.2. The molecule has 40 heavy (non-hydrogen) atoms. The molecule has 1 aromatic carbocycles. The van der Waals surface area contributed by atoms with E-state index < -0.39 is 59.4 Å². The number of amides is 1. The Morgan fingerprint density at radius 1 is 1.12 bits per heavy atom. The molecular formula is C23H28F4N3O8PS. The summed E-state index contributed by atoms with van der Waals surface area (Å²) >= 11 is 0. The lowest BCUT2D eigenvalue weighted by Gasteiger charge is -2.38. The molecule has 0 fully saturated rings. The lowest BCUT2D eigenvalue weighted by atomic mass is 9.72. The van der Waals surface area contributed by atoms with Crippen LogP contribution in [0.15, 0.2) is 41.6 Å². The summed E-state index contributed by atoms with van der Waals surface area (Å²) in [6.07, 6.45) is -5.64. The van der Waals surface area contributed by atoms with Crippen LogP contribution >= 0.6 is 7.82 Å². The predicted molar refractivity (Wildman–Crippen MR) is 135 cm³/mol. The van der Waals surface area contributed by atoms with Gasteiger partial charge in [0.1, 0.15) is 5.82 Å². The van der Waals surface area contributed by atoms with E-state index in [4.69, 9.17) is 25.0 Å². The largest absolute Gasteiger partial charge is 0.466 e. The number of H-pyrrole nitrogens is 1. The molecule has 0 saturated heterocycles. The Labute approximate surface area is 226 Å². The number of nitrogens with two attached hydrogens (primary N) is 1. The van der Waals surface area contributed by atoms with Crippen LogP contribution in [0.4, 0.5) is 17.6 Å². The minimum atomic E-state index is -5.08. The second kappa shape index (κ2) is 11.5. The number of nitrogens with zero attached hydrogens (tertiary/aromatic N) is 1. The van der Waals surface area contributed by atoms with E-state index in [-0.39, 0.29) is 27.6 Å². The molecule has 2 heterocycles. The minimum absolute atomic E-state index is 0.00213. The molecule has 0 aliphatic rings. The number of phosphoric acid groups is 1. The number of aromatic amines is 1. The van der Waals surface area contributed by atoms with Gasteiger partial charge in [0.05, 0.1) is 17.5 Å². The van der Waals surface area contributed by atoms with Crippen LogP contribution in [-0.2, 0) is 26.2 Å². The number of nitrogens with one attached hydrogen (secondary N) is 1. The molecule has 1 amide bonds. The molecular weight excluding hydrogens is 585 g/mol. The Morgan fingerprint density at radius 2 is 1.70 bits per heavy atom. The van der Waals surface area contributed by atoms with Gasteiger partial charge < -0.3 is 30.5 Å². The van der Waals surface area contributed by atoms with Crippen molar-refractivity contribution in [2.75, 3.05) is 5.75 Å². The monoisotopic (exact) mass is 613 g/mol. The van der Waals surface area contributed by atoms with Crippen molar-refractivity contribution in [2.45, 2.75) is 55.8 Å². The molecule has 3 rings (SSSR count). The Kier molecular flexibility index (Phi) is 9.62. The molecule has 1 atom stereocenters. The summed E-state index contributed by atoms with van der Waals surface area (Å²) in [4.78, 5) is 40.0. The van der Waals surface area contributed by atoms with Crippen LogP contribution in [0.5, 0.6) is 0 Å². The molecule has 0 aliphatic heterocycles. The Bertz CT molecular complexity index is 1540. The van der Waals surface area contributed by atoms with Gasteiger partial charge in [-0.3, -0.25) is 4.79 Å². The number of sulfone groups is 1. The smallest absolute Gasteiger partial charge is 0.380 e. The second-order valence-corrected chi connectivity index (χ2v) is 12.9. The summed E-state index contributed by atoms with van der Waals surface area (Å²) in [7, 11) is -8.27. The average Bonchev–Trinajstić information content (AvgIpc) is 3.17. The number of alkyl halides is 3. The van der Waals surface area contributed by atoms with Gasteiger partial charge in [-0.15, -0.1) is 0 Å². The van der Waals surface area contributed by atoms with Crippen molar-refractivity contribution in [1.29, 1.82) is 0 Å². The molecule has 0 spiro atoms. The number of halogens is 4. The van der Waals surface area contributed by atoms with Gasteiger partial charge >= 0.3 is 14.0 Å². The van der Waals surface area contributed by atoms with E-state index in [1.165, 1.54) is 45.2 Å². The van der Waals surface area contributed by atoms with Crippen LogP contribution < -0.4 is 5.73 Å². The summed E-state index contributed by atoms with van der Waals surface area (Å²) in [5, 5.41) is 11.0. The van der Waals surface area contributed by atoms with Crippen LogP contribution in [0.2, 0.25) is 0 Å². The van der Waals surface area contributed by atoms with Gasteiger partial charge in [-0.1, -0.05) is 26.8 Å². The van der Waals surface area contributed by atoms with Gasteiger partial charge in [0, 0.05) is 23.1 Å². The first-order valence-electron chi connectivity index (χ1n) is 11.4. The van der Waals surface area contributed by atoms with Gasteiger partial charge in [-0.2, -0.15) is 13.2 Å². The normalized spacial score (nSPS) is 14.4. The lowest BCUT2D eigenvalue weighted by molar-refractivity contribution is -0.266. The van der Waals surface area contributed by atoms with Crippen molar-refractivity contribution < 1.29 is 55.1 Å². The van der Waals surface area contributed by atoms with Crippen molar-refractivity contribution in [3.05, 3.63) is 59.2 Å². The number of carbonyl (C=O) groups is 1. The Balaban J connectivity index is 0.00000103. The molecule has 7 N–H and O–H groups in total. The summed E-state index contributed by atoms with van der Waals surface area (Å²) in [6, 6.07) is 5.60. The maximum Gasteiger partial charge on any atom is 0.466 e. The molecule has 11 nitrogen and oxygen atoms in total. The van der Waals surface area contributed by atoms with E-state index in [9.17, 15) is 35.9 Å². The van der Waals surface area contributed by atoms with Crippen molar-refractivity contribution in [3.8, 4) is 0 Å². The molecule has 0 aliphatic carbocycles. The highest BCUT2D eigenvalue weighted by atomic mass is 32.2. The fraction of sp³-hybridized carbons (Fsp3) is 0.391. The van der Waals surface area contributed by atoms with E-state index in [0.717, 1.165) is 12.1 Å². The van der Waals surface area contributed by atoms with Gasteiger partial charge in [-0.05, 0) is 41.7 Å². The summed E-state index contributed by atoms with van der Waals surface area (Å²) in [5.74, 6) is -1.98. The van der Waals surface area contributed by atoms with Crippen LogP contribution in [0.25, 0.3) is 10.9 Å². The zero-order valence-electron chi connectivity index (χ0n) is 21.4. The van der Waals surface area contributed by atoms with E-state index in [0.29, 0.717) is 10.9 Å². The highest BCUT2D eigenvalue weighted by Gasteiger charge is 2.56. The van der Waals surface area contributed by atoms with Crippen molar-refractivity contribution in [2.24, 2.45) is 5.73 Å². The van der Waals surface area contributed by atoms with E-state index in [2.05, 4.69) is 9.97 Å². The molecule has 222 valence electrons. The number of primary amides is 1. The van der Waals surface area contributed by atoms with E-state index in [1.807, 2.05) is 0 Å². The van der Waals surface area contributed by atoms with E-state index in [1.54, 1.807) is 0 Å². The first-order chi connectivity index (χ1) is 18.0. The second-order valence-electron chi connectivity index (χ2n) is 9.64. The molecule has 0 bridgehead atoms. The first kappa shape index (κ1) is 33.3. The number of aliphatic hydroxyl groups is 1. The minimum Gasteiger partial charge on any atom is -0.380 e. The molecule has 3 aromatic rings. The van der Waals surface area contributed by atoms with Crippen molar-refractivity contribution in [3.63, 3.8) is 0 Å². The number of benzene rings is 1. The fourth-order valence-electron chi connectivity index (χ4n) is 4.20. The number of pyridine rings is 1. The number of hydrogen-bond acceptors (Lipinski definition) is 6. The molecule has 17 heteroatoms. The van der Waals surface area contributed by atoms with Crippen LogP contribution in [-0.4, -0.2) is 61.6 Å². The fourth-order valence-corrected chi connectivity index (χ4v) is 5.02. The van der Waals surface area contributed by atoms with E-state index >= 15 is 0 Å². The van der Waals surface area contributed by atoms with Crippen molar-refractivity contribution >= 4 is 34.5 Å². The van der Waals surface area contributed by atoms with Gasteiger partial charge in [0.15, 0.2) is 20.5 Å². The predicted octanol–water partition coefficient (Wildman–Crippen LogP) is 2.87. The van der Waals surface area contributed by atoms with Crippen molar-refractivity contribution in [1.82, 2.24) is 9.97 Å². The topological polar surface area (TPSA) is 204 Å². The number of fused-ring (bicyclic) bond motifs is 1. The first-order valence-corrected chi connectivity index (χ1v) is 14.6. The Hall–Kier alpha value is -2.88. The number of aromatic nitrogens is 2. The number of rotatable bonds is 8. The van der Waals surface area contributed by atoms with Crippen LogP contribution in [0.3, 0.4) is 0 Å². The maximum absolute atomic E-state index is 14.2. The standard InChI is InChI=1S/C23H25F4N3O4S.H3O4P/c1-4-35(33,34)19-8-13-7-15(30-18(13)11-29-19)10-22(32,23(25,26)27)12-21(2,3)17-6-5-14(24)9-16(17)20(28)31;1-5(2,3)4/h5-9,11,30,32H,4,10,12H2,1-3H3,(H2,28,31);(H3,1,2,3,4)/t22-;/m1./s1. The molecule has 2 aromatic heterocycles. The summed E-state index contributed by atoms with van der Waals surface area (Å²) in [6.45, 7) is 4.22. The summed E-state index contributed by atoms with van der Waals surface area (Å²) < 4.78 is 89.2. The lowest BCUT2D eigenvalue weighted by Crippen LogP contribution is -2.51. The molecule has 0 unspecified atom stereocenters. The molecule has 0 radical (unpaired) electrons. The van der Waals surface area contributed by atoms with Gasteiger partial charge in [-0.25, -0.2) is 22.4 Å². The third kappa shape index (κ3) is 8.32. The third-order valence-corrected chi connectivity index (χ3v) is 7.58. The zero-order valence-corrected chi connectivity index (χ0v) is 23.1. The summed E-state index contributed by atoms with van der Waals surface area (Å²) in [5.41, 5.74) is 0.681. The van der Waals surface area contributed by atoms with Crippen LogP contribution in [0.1, 0.15) is 48.8 Å². The van der Waals surface area contributed by atoms with Gasteiger partial charge in [0.2, 0.25) is 5.91 Å². The average molecular weight is 614 g/mol. The third-order valence-electron chi connectivity index (χ3n) is 5.96. The Morgan fingerprint density at radius 3 is 2.20 bits per heavy atom. The highest BCUT2D eigenvalue weighted by Crippen LogP contribution is 2.44. The number of carbonyl (C=O) groups excluding carboxylic acids is 1. The SMILES string of the molecule is CCS(=O)(=O)c1cc2cc(C[C@@](O)(CC(C)(C)c3ccc(F)cc3C(N)=O)C(F)(F)F)[nH]c2cn1.O=P(O)(O)O.